The van der Waals surface area contributed by atoms with Crippen LogP contribution in [-0.4, -0.2) is 23.2 Å². The van der Waals surface area contributed by atoms with Crippen LogP contribution in [0.1, 0.15) is 35.3 Å². The van der Waals surface area contributed by atoms with Crippen molar-refractivity contribution in [1.29, 1.82) is 0 Å². The summed E-state index contributed by atoms with van der Waals surface area (Å²) < 4.78 is 5.30. The smallest absolute Gasteiger partial charge is 0.251 e. The van der Waals surface area contributed by atoms with Crippen LogP contribution in [0, 0.1) is 0 Å². The van der Waals surface area contributed by atoms with Gasteiger partial charge in [-0.25, -0.2) is 0 Å². The molecule has 1 amide bonds. The van der Waals surface area contributed by atoms with E-state index in [-0.39, 0.29) is 12.5 Å². The molecule has 0 aromatic heterocycles. The van der Waals surface area contributed by atoms with Crippen LogP contribution in [0.15, 0.2) is 18.2 Å². The van der Waals surface area contributed by atoms with Crippen molar-refractivity contribution in [2.45, 2.75) is 32.6 Å². The molecule has 0 atom stereocenters. The van der Waals surface area contributed by atoms with Gasteiger partial charge in [-0.3, -0.25) is 4.79 Å². The number of hydrogen-bond donors (Lipinski definition) is 2. The summed E-state index contributed by atoms with van der Waals surface area (Å²) >= 11 is 0. The van der Waals surface area contributed by atoms with Gasteiger partial charge in [-0.2, -0.15) is 0 Å². The van der Waals surface area contributed by atoms with Gasteiger partial charge in [0.2, 0.25) is 0 Å². The van der Waals surface area contributed by atoms with E-state index in [2.05, 4.69) is 5.32 Å². The Morgan fingerprint density at radius 3 is 2.82 bits per heavy atom. The minimum atomic E-state index is -0.605. The fourth-order valence-corrected chi connectivity index (χ4v) is 1.73. The molecule has 2 rings (SSSR count). The van der Waals surface area contributed by atoms with E-state index in [9.17, 15) is 4.79 Å². The number of ether oxygens (including phenoxy) is 1. The molecule has 17 heavy (non-hydrogen) atoms. The maximum Gasteiger partial charge on any atom is 0.251 e. The maximum absolute atomic E-state index is 12.0. The van der Waals surface area contributed by atoms with Gasteiger partial charge in [0, 0.05) is 5.56 Å². The standard InChI is InChI=1S/C13H17NO3/c1-13(2,8-15)14-12(16)9-3-4-10-6-17-7-11(10)5-9/h3-5,15H,6-8H2,1-2H3,(H,14,16). The van der Waals surface area contributed by atoms with Crippen molar-refractivity contribution in [1.82, 2.24) is 5.32 Å². The minimum Gasteiger partial charge on any atom is -0.394 e. The van der Waals surface area contributed by atoms with Crippen molar-refractivity contribution in [3.05, 3.63) is 34.9 Å². The van der Waals surface area contributed by atoms with E-state index in [0.29, 0.717) is 18.8 Å². The van der Waals surface area contributed by atoms with Crippen molar-refractivity contribution in [3.8, 4) is 0 Å². The first-order chi connectivity index (χ1) is 8.02. The molecule has 0 bridgehead atoms. The van der Waals surface area contributed by atoms with Crippen molar-refractivity contribution >= 4 is 5.91 Å². The third kappa shape index (κ3) is 2.65. The highest BCUT2D eigenvalue weighted by Gasteiger charge is 2.21. The van der Waals surface area contributed by atoms with Gasteiger partial charge in [-0.05, 0) is 37.1 Å². The molecule has 0 radical (unpaired) electrons. The van der Waals surface area contributed by atoms with E-state index < -0.39 is 5.54 Å². The quantitative estimate of drug-likeness (QED) is 0.828. The fourth-order valence-electron chi connectivity index (χ4n) is 1.73. The third-order valence-electron chi connectivity index (χ3n) is 2.83. The molecule has 0 fully saturated rings. The third-order valence-corrected chi connectivity index (χ3v) is 2.83. The normalized spacial score (nSPS) is 14.5. The Hall–Kier alpha value is -1.39. The molecule has 0 unspecified atom stereocenters. The van der Waals surface area contributed by atoms with Gasteiger partial charge in [0.15, 0.2) is 0 Å². The van der Waals surface area contributed by atoms with E-state index >= 15 is 0 Å². The van der Waals surface area contributed by atoms with Gasteiger partial charge < -0.3 is 15.2 Å². The summed E-state index contributed by atoms with van der Waals surface area (Å²) in [5.74, 6) is -0.168. The number of amides is 1. The molecular formula is C13H17NO3. The first-order valence-corrected chi connectivity index (χ1v) is 5.65. The summed E-state index contributed by atoms with van der Waals surface area (Å²) in [5, 5.41) is 11.9. The highest BCUT2D eigenvalue weighted by atomic mass is 16.5. The van der Waals surface area contributed by atoms with Crippen molar-refractivity contribution < 1.29 is 14.6 Å². The molecular weight excluding hydrogens is 218 g/mol. The molecule has 0 saturated heterocycles. The average molecular weight is 235 g/mol. The molecule has 1 aliphatic rings. The highest BCUT2D eigenvalue weighted by Crippen LogP contribution is 2.21. The minimum absolute atomic E-state index is 0.0905. The molecule has 4 nitrogen and oxygen atoms in total. The molecule has 1 heterocycles. The highest BCUT2D eigenvalue weighted by molar-refractivity contribution is 5.95. The van der Waals surface area contributed by atoms with Crippen LogP contribution in [0.5, 0.6) is 0 Å². The van der Waals surface area contributed by atoms with E-state index in [1.54, 1.807) is 19.9 Å². The molecule has 1 aliphatic heterocycles. The number of carbonyl (C=O) groups is 1. The van der Waals surface area contributed by atoms with Crippen LogP contribution < -0.4 is 5.32 Å². The van der Waals surface area contributed by atoms with Gasteiger partial charge >= 0.3 is 0 Å². The molecule has 1 aromatic rings. The predicted molar refractivity (Wildman–Crippen MR) is 63.6 cm³/mol. The summed E-state index contributed by atoms with van der Waals surface area (Å²) in [7, 11) is 0. The number of hydrogen-bond acceptors (Lipinski definition) is 3. The Morgan fingerprint density at radius 2 is 2.12 bits per heavy atom. The lowest BCUT2D eigenvalue weighted by molar-refractivity contribution is 0.0869. The second-order valence-electron chi connectivity index (χ2n) is 4.97. The summed E-state index contributed by atoms with van der Waals surface area (Å²) in [6, 6.07) is 5.56. The van der Waals surface area contributed by atoms with Crippen LogP contribution in [-0.2, 0) is 18.0 Å². The van der Waals surface area contributed by atoms with Gasteiger partial charge in [0.1, 0.15) is 0 Å². The molecule has 92 valence electrons. The number of rotatable bonds is 3. The van der Waals surface area contributed by atoms with Crippen molar-refractivity contribution in [2.24, 2.45) is 0 Å². The van der Waals surface area contributed by atoms with Crippen LogP contribution in [0.4, 0.5) is 0 Å². The topological polar surface area (TPSA) is 58.6 Å². The zero-order valence-corrected chi connectivity index (χ0v) is 10.1. The largest absolute Gasteiger partial charge is 0.394 e. The molecule has 1 aromatic carbocycles. The van der Waals surface area contributed by atoms with E-state index in [0.717, 1.165) is 11.1 Å². The Morgan fingerprint density at radius 1 is 1.41 bits per heavy atom. The van der Waals surface area contributed by atoms with Crippen LogP contribution in [0.25, 0.3) is 0 Å². The molecule has 0 spiro atoms. The molecule has 4 heteroatoms. The summed E-state index contributed by atoms with van der Waals surface area (Å²) in [6.45, 7) is 4.66. The molecule has 2 N–H and O–H groups in total. The zero-order chi connectivity index (χ0) is 12.5. The summed E-state index contributed by atoms with van der Waals surface area (Å²) in [4.78, 5) is 12.0. The van der Waals surface area contributed by atoms with Gasteiger partial charge in [0.05, 0.1) is 25.4 Å². The first-order valence-electron chi connectivity index (χ1n) is 5.65. The lowest BCUT2D eigenvalue weighted by atomic mass is 10.0. The summed E-state index contributed by atoms with van der Waals surface area (Å²) in [6.07, 6.45) is 0. The van der Waals surface area contributed by atoms with Crippen LogP contribution in [0.2, 0.25) is 0 Å². The fraction of sp³-hybridized carbons (Fsp3) is 0.462. The Bertz CT molecular complexity index is 440. The SMILES string of the molecule is CC(C)(CO)NC(=O)c1ccc2c(c1)COC2. The van der Waals surface area contributed by atoms with Crippen LogP contribution in [0.3, 0.4) is 0 Å². The Balaban J connectivity index is 2.15. The van der Waals surface area contributed by atoms with E-state index in [1.165, 1.54) is 0 Å². The molecule has 0 aliphatic carbocycles. The maximum atomic E-state index is 12.0. The van der Waals surface area contributed by atoms with E-state index in [1.807, 2.05) is 12.1 Å². The Kier molecular flexibility index (Phi) is 3.17. The van der Waals surface area contributed by atoms with Gasteiger partial charge in [0.25, 0.3) is 5.91 Å². The molecule has 0 saturated carbocycles. The average Bonchev–Trinajstić information content (AvgIpc) is 2.75. The number of aliphatic hydroxyl groups is 1. The number of benzene rings is 1. The second kappa shape index (κ2) is 4.47. The Labute approximate surface area is 101 Å². The van der Waals surface area contributed by atoms with Gasteiger partial charge in [-0.15, -0.1) is 0 Å². The second-order valence-corrected chi connectivity index (χ2v) is 4.97. The lowest BCUT2D eigenvalue weighted by Crippen LogP contribution is -2.46. The van der Waals surface area contributed by atoms with Crippen molar-refractivity contribution in [3.63, 3.8) is 0 Å². The van der Waals surface area contributed by atoms with Crippen LogP contribution >= 0.6 is 0 Å². The zero-order valence-electron chi connectivity index (χ0n) is 10.1. The number of carbonyl (C=O) groups excluding carboxylic acids is 1. The van der Waals surface area contributed by atoms with Gasteiger partial charge in [-0.1, -0.05) is 6.07 Å². The lowest BCUT2D eigenvalue weighted by Gasteiger charge is -2.23. The summed E-state index contributed by atoms with van der Waals surface area (Å²) in [5.41, 5.74) is 2.21. The number of aliphatic hydroxyl groups excluding tert-OH is 1. The van der Waals surface area contributed by atoms with E-state index in [4.69, 9.17) is 9.84 Å². The monoisotopic (exact) mass is 235 g/mol. The van der Waals surface area contributed by atoms with Crippen molar-refractivity contribution in [2.75, 3.05) is 6.61 Å². The number of fused-ring (bicyclic) bond motifs is 1. The number of nitrogens with one attached hydrogen (secondary N) is 1. The first kappa shape index (κ1) is 12.1. The predicted octanol–water partition coefficient (Wildman–Crippen LogP) is 1.22.